The van der Waals surface area contributed by atoms with Crippen LogP contribution in [-0.4, -0.2) is 22.5 Å². The summed E-state index contributed by atoms with van der Waals surface area (Å²) in [5.74, 6) is 0.440. The van der Waals surface area contributed by atoms with Crippen molar-refractivity contribution in [2.45, 2.75) is 38.6 Å². The van der Waals surface area contributed by atoms with Gasteiger partial charge in [-0.3, -0.25) is 4.79 Å². The number of hydrogen-bond acceptors (Lipinski definition) is 3. The summed E-state index contributed by atoms with van der Waals surface area (Å²) in [6.45, 7) is 2.73. The first-order valence-electron chi connectivity index (χ1n) is 7.66. The van der Waals surface area contributed by atoms with Crippen LogP contribution in [0.1, 0.15) is 42.8 Å². The second-order valence-electron chi connectivity index (χ2n) is 5.63. The number of aromatic nitrogens is 1. The van der Waals surface area contributed by atoms with Crippen LogP contribution in [0.2, 0.25) is 0 Å². The predicted molar refractivity (Wildman–Crippen MR) is 79.7 cm³/mol. The smallest absolute Gasteiger partial charge is 0.227 e. The van der Waals surface area contributed by atoms with E-state index in [0.29, 0.717) is 12.1 Å². The van der Waals surface area contributed by atoms with E-state index in [2.05, 4.69) is 5.16 Å². The second-order valence-corrected chi connectivity index (χ2v) is 5.63. The quantitative estimate of drug-likeness (QED) is 0.870. The van der Waals surface area contributed by atoms with Crippen molar-refractivity contribution in [1.29, 1.82) is 0 Å². The van der Waals surface area contributed by atoms with Gasteiger partial charge in [0.2, 0.25) is 5.91 Å². The zero-order chi connectivity index (χ0) is 15.5. The lowest BCUT2D eigenvalue weighted by molar-refractivity contribution is -0.131. The fraction of sp³-hybridized carbons (Fsp3) is 0.412. The van der Waals surface area contributed by atoms with Gasteiger partial charge in [-0.1, -0.05) is 24.2 Å². The lowest BCUT2D eigenvalue weighted by atomic mass is 10.1. The maximum absolute atomic E-state index is 13.2. The summed E-state index contributed by atoms with van der Waals surface area (Å²) in [5, 5.41) is 4.01. The number of amides is 1. The van der Waals surface area contributed by atoms with Gasteiger partial charge < -0.3 is 9.42 Å². The number of likely N-dealkylation sites (tertiary alicyclic amines) is 1. The van der Waals surface area contributed by atoms with Gasteiger partial charge in [0.15, 0.2) is 5.76 Å². The Morgan fingerprint density at radius 3 is 3.05 bits per heavy atom. The van der Waals surface area contributed by atoms with Crippen LogP contribution in [0.3, 0.4) is 0 Å². The monoisotopic (exact) mass is 302 g/mol. The Morgan fingerprint density at radius 1 is 1.45 bits per heavy atom. The largest absolute Gasteiger partial charge is 0.359 e. The van der Waals surface area contributed by atoms with E-state index < -0.39 is 0 Å². The van der Waals surface area contributed by atoms with Crippen molar-refractivity contribution in [1.82, 2.24) is 10.1 Å². The highest BCUT2D eigenvalue weighted by Crippen LogP contribution is 2.32. The number of rotatable bonds is 4. The summed E-state index contributed by atoms with van der Waals surface area (Å²) in [6, 6.07) is 8.08. The number of aryl methyl sites for hydroxylation is 1. The average molecular weight is 302 g/mol. The van der Waals surface area contributed by atoms with Gasteiger partial charge in [-0.25, -0.2) is 4.39 Å². The molecule has 3 rings (SSSR count). The van der Waals surface area contributed by atoms with Gasteiger partial charge in [0.25, 0.3) is 0 Å². The maximum Gasteiger partial charge on any atom is 0.227 e. The van der Waals surface area contributed by atoms with Gasteiger partial charge in [-0.05, 0) is 37.0 Å². The summed E-state index contributed by atoms with van der Waals surface area (Å²) in [7, 11) is 0. The molecular weight excluding hydrogens is 283 g/mol. The molecule has 0 N–H and O–H groups in total. The maximum atomic E-state index is 13.2. The molecule has 5 heteroatoms. The molecule has 4 nitrogen and oxygen atoms in total. The fourth-order valence-electron chi connectivity index (χ4n) is 2.94. The van der Waals surface area contributed by atoms with Crippen molar-refractivity contribution in [3.63, 3.8) is 0 Å². The Kier molecular flexibility index (Phi) is 4.22. The number of halogens is 1. The van der Waals surface area contributed by atoms with E-state index in [-0.39, 0.29) is 24.2 Å². The average Bonchev–Trinajstić information content (AvgIpc) is 3.16. The first-order chi connectivity index (χ1) is 10.7. The number of nitrogens with zero attached hydrogens (tertiary/aromatic N) is 2. The van der Waals surface area contributed by atoms with E-state index in [1.54, 1.807) is 12.1 Å². The Hall–Kier alpha value is -2.17. The van der Waals surface area contributed by atoms with Gasteiger partial charge >= 0.3 is 0 Å². The van der Waals surface area contributed by atoms with Crippen molar-refractivity contribution in [3.8, 4) is 0 Å². The van der Waals surface area contributed by atoms with Crippen LogP contribution in [0.15, 0.2) is 34.9 Å². The highest BCUT2D eigenvalue weighted by atomic mass is 19.1. The van der Waals surface area contributed by atoms with Crippen molar-refractivity contribution in [3.05, 3.63) is 53.2 Å². The summed E-state index contributed by atoms with van der Waals surface area (Å²) >= 11 is 0. The van der Waals surface area contributed by atoms with E-state index in [9.17, 15) is 9.18 Å². The molecule has 1 unspecified atom stereocenters. The van der Waals surface area contributed by atoms with Crippen molar-refractivity contribution >= 4 is 5.91 Å². The fourth-order valence-corrected chi connectivity index (χ4v) is 2.94. The molecule has 1 aromatic heterocycles. The molecule has 1 aliphatic rings. The number of carbonyl (C=O) groups excluding carboxylic acids is 1. The highest BCUT2D eigenvalue weighted by Gasteiger charge is 2.32. The minimum atomic E-state index is -0.314. The van der Waals surface area contributed by atoms with E-state index >= 15 is 0 Å². The van der Waals surface area contributed by atoms with Crippen LogP contribution in [0, 0.1) is 5.82 Å². The second kappa shape index (κ2) is 6.30. The minimum absolute atomic E-state index is 0.00236. The van der Waals surface area contributed by atoms with Crippen molar-refractivity contribution < 1.29 is 13.7 Å². The molecular formula is C17H19FN2O2. The molecule has 1 atom stereocenters. The standard InChI is InChI=1S/C17H19FN2O2/c1-2-14-11-16(22-19-14)15-7-4-8-20(15)17(21)10-12-5-3-6-13(18)9-12/h3,5-6,9,11,15H,2,4,7-8,10H2,1H3. The topological polar surface area (TPSA) is 46.3 Å². The van der Waals surface area contributed by atoms with E-state index in [0.717, 1.165) is 30.7 Å². The van der Waals surface area contributed by atoms with Gasteiger partial charge in [0, 0.05) is 12.6 Å². The van der Waals surface area contributed by atoms with Gasteiger partial charge in [0.05, 0.1) is 18.2 Å². The Bertz CT molecular complexity index is 668. The van der Waals surface area contributed by atoms with Crippen LogP contribution < -0.4 is 0 Å². The third-order valence-electron chi connectivity index (χ3n) is 4.09. The zero-order valence-electron chi connectivity index (χ0n) is 12.6. The molecule has 2 aromatic rings. The first-order valence-corrected chi connectivity index (χ1v) is 7.66. The summed E-state index contributed by atoms with van der Waals surface area (Å²) in [4.78, 5) is 14.4. The lowest BCUT2D eigenvalue weighted by Crippen LogP contribution is -2.31. The Labute approximate surface area is 128 Å². The summed E-state index contributed by atoms with van der Waals surface area (Å²) in [5.41, 5.74) is 1.60. The van der Waals surface area contributed by atoms with Crippen LogP contribution in [0.5, 0.6) is 0 Å². The summed E-state index contributed by atoms with van der Waals surface area (Å²) in [6.07, 6.45) is 2.85. The number of carbonyl (C=O) groups is 1. The molecule has 0 radical (unpaired) electrons. The van der Waals surface area contributed by atoms with Crippen LogP contribution in [-0.2, 0) is 17.6 Å². The van der Waals surface area contributed by atoms with E-state index in [4.69, 9.17) is 4.52 Å². The van der Waals surface area contributed by atoms with E-state index in [1.807, 2.05) is 17.9 Å². The molecule has 0 bridgehead atoms. The summed E-state index contributed by atoms with van der Waals surface area (Å²) < 4.78 is 18.6. The molecule has 1 aromatic carbocycles. The zero-order valence-corrected chi connectivity index (χ0v) is 12.6. The highest BCUT2D eigenvalue weighted by molar-refractivity contribution is 5.79. The molecule has 0 aliphatic carbocycles. The third-order valence-corrected chi connectivity index (χ3v) is 4.09. The van der Waals surface area contributed by atoms with Crippen LogP contribution >= 0.6 is 0 Å². The third kappa shape index (κ3) is 3.03. The van der Waals surface area contributed by atoms with E-state index in [1.165, 1.54) is 12.1 Å². The Morgan fingerprint density at radius 2 is 2.32 bits per heavy atom. The van der Waals surface area contributed by atoms with Gasteiger partial charge in [-0.2, -0.15) is 0 Å². The predicted octanol–water partition coefficient (Wildman–Crippen LogP) is 3.28. The molecule has 1 saturated heterocycles. The van der Waals surface area contributed by atoms with Crippen LogP contribution in [0.25, 0.3) is 0 Å². The lowest BCUT2D eigenvalue weighted by Gasteiger charge is -2.22. The number of benzene rings is 1. The minimum Gasteiger partial charge on any atom is -0.359 e. The molecule has 1 aliphatic heterocycles. The van der Waals surface area contributed by atoms with Gasteiger partial charge in [0.1, 0.15) is 5.82 Å². The van der Waals surface area contributed by atoms with Crippen molar-refractivity contribution in [2.24, 2.45) is 0 Å². The first kappa shape index (κ1) is 14.8. The molecule has 116 valence electrons. The molecule has 0 saturated carbocycles. The van der Waals surface area contributed by atoms with Gasteiger partial charge in [-0.15, -0.1) is 0 Å². The molecule has 1 amide bonds. The molecule has 0 spiro atoms. The van der Waals surface area contributed by atoms with Crippen LogP contribution in [0.4, 0.5) is 4.39 Å². The normalized spacial score (nSPS) is 17.9. The number of hydrogen-bond donors (Lipinski definition) is 0. The molecule has 1 fully saturated rings. The van der Waals surface area contributed by atoms with Crippen molar-refractivity contribution in [2.75, 3.05) is 6.54 Å². The molecule has 2 heterocycles. The SMILES string of the molecule is CCc1cc(C2CCCN2C(=O)Cc2cccc(F)c2)on1. The Balaban J connectivity index is 1.73. The molecule has 22 heavy (non-hydrogen) atoms.